The zero-order valence-corrected chi connectivity index (χ0v) is 15.8. The van der Waals surface area contributed by atoms with Crippen molar-refractivity contribution in [1.82, 2.24) is 15.5 Å². The molecule has 1 aliphatic rings. The molecule has 2 N–H and O–H groups in total. The second kappa shape index (κ2) is 8.48. The molecule has 0 saturated carbocycles. The minimum absolute atomic E-state index is 0.0649. The first-order valence-corrected chi connectivity index (χ1v) is 9.23. The molecule has 0 unspecified atom stereocenters. The summed E-state index contributed by atoms with van der Waals surface area (Å²) in [5, 5.41) is 8.49. The number of carbonyl (C=O) groups is 1. The van der Waals surface area contributed by atoms with Gasteiger partial charge >= 0.3 is 0 Å². The number of hydrogen-bond donors (Lipinski definition) is 2. The van der Waals surface area contributed by atoms with Crippen molar-refractivity contribution in [2.24, 2.45) is 4.99 Å². The van der Waals surface area contributed by atoms with Crippen molar-refractivity contribution in [3.8, 4) is 0 Å². The van der Waals surface area contributed by atoms with E-state index in [1.165, 1.54) is 10.4 Å². The molecule has 134 valence electrons. The molecule has 0 aliphatic carbocycles. The normalized spacial score (nSPS) is 15.2. The first-order valence-electron chi connectivity index (χ1n) is 8.35. The number of thiophene rings is 1. The van der Waals surface area contributed by atoms with E-state index in [1.54, 1.807) is 18.4 Å². The summed E-state index contributed by atoms with van der Waals surface area (Å²) in [5.41, 5.74) is 0.984. The predicted molar refractivity (Wildman–Crippen MR) is 98.5 cm³/mol. The average Bonchev–Trinajstić information content (AvgIpc) is 3.04. The maximum absolute atomic E-state index is 12.4. The number of guanidine groups is 1. The molecule has 2 heterocycles. The van der Waals surface area contributed by atoms with Crippen LogP contribution in [0, 0.1) is 0 Å². The number of rotatable bonds is 6. The van der Waals surface area contributed by atoms with E-state index in [-0.39, 0.29) is 18.1 Å². The van der Waals surface area contributed by atoms with E-state index in [0.29, 0.717) is 19.0 Å². The highest BCUT2D eigenvalue weighted by Crippen LogP contribution is 2.23. The highest BCUT2D eigenvalue weighted by Gasteiger charge is 2.21. The zero-order valence-electron chi connectivity index (χ0n) is 15.0. The molecule has 1 aromatic rings. The lowest BCUT2D eigenvalue weighted by Crippen LogP contribution is -2.46. The lowest BCUT2D eigenvalue weighted by atomic mass is 10.1. The van der Waals surface area contributed by atoms with E-state index in [9.17, 15) is 4.79 Å². The summed E-state index contributed by atoms with van der Waals surface area (Å²) in [7, 11) is 1.68. The molecule has 1 amide bonds. The number of fused-ring (bicyclic) bond motifs is 1. The van der Waals surface area contributed by atoms with Crippen LogP contribution in [0.25, 0.3) is 0 Å². The third-order valence-corrected chi connectivity index (χ3v) is 5.13. The second-order valence-electron chi connectivity index (χ2n) is 6.45. The summed E-state index contributed by atoms with van der Waals surface area (Å²) >= 11 is 1.78. The molecule has 2 rings (SSSR count). The lowest BCUT2D eigenvalue weighted by molar-refractivity contribution is -0.130. The largest absolute Gasteiger partial charge is 0.377 e. The van der Waals surface area contributed by atoms with Crippen LogP contribution < -0.4 is 10.6 Å². The molecule has 0 atom stereocenters. The van der Waals surface area contributed by atoms with E-state index >= 15 is 0 Å². The summed E-state index contributed by atoms with van der Waals surface area (Å²) in [5.74, 6) is 0.708. The quantitative estimate of drug-likeness (QED) is 0.603. The summed E-state index contributed by atoms with van der Waals surface area (Å²) in [4.78, 5) is 20.1. The van der Waals surface area contributed by atoms with Gasteiger partial charge in [0.2, 0.25) is 5.91 Å². The van der Waals surface area contributed by atoms with Crippen molar-refractivity contribution >= 4 is 23.2 Å². The van der Waals surface area contributed by atoms with E-state index in [1.807, 2.05) is 25.7 Å². The van der Waals surface area contributed by atoms with Crippen LogP contribution in [0.1, 0.15) is 31.2 Å². The number of methoxy groups -OCH3 is 1. The number of amides is 1. The minimum atomic E-state index is -0.289. The van der Waals surface area contributed by atoms with Crippen LogP contribution in [0.15, 0.2) is 16.4 Å². The van der Waals surface area contributed by atoms with Crippen molar-refractivity contribution in [2.75, 3.05) is 33.3 Å². The molecular formula is C17H28N4O2S. The van der Waals surface area contributed by atoms with Crippen LogP contribution in [0.2, 0.25) is 0 Å². The molecule has 0 bridgehead atoms. The number of nitrogens with one attached hydrogen (secondary N) is 2. The number of ether oxygens (including phenoxy) is 1. The Kier molecular flexibility index (Phi) is 6.62. The molecule has 0 aromatic carbocycles. The Morgan fingerprint density at radius 1 is 1.46 bits per heavy atom. The minimum Gasteiger partial charge on any atom is -0.377 e. The highest BCUT2D eigenvalue weighted by atomic mass is 32.1. The van der Waals surface area contributed by atoms with E-state index in [4.69, 9.17) is 4.74 Å². The van der Waals surface area contributed by atoms with Crippen LogP contribution in [0.5, 0.6) is 0 Å². The first-order chi connectivity index (χ1) is 11.4. The first kappa shape index (κ1) is 18.7. The van der Waals surface area contributed by atoms with Gasteiger partial charge in [0.25, 0.3) is 0 Å². The van der Waals surface area contributed by atoms with Crippen LogP contribution in [0.3, 0.4) is 0 Å². The molecule has 24 heavy (non-hydrogen) atoms. The second-order valence-corrected chi connectivity index (χ2v) is 7.45. The number of nitrogens with zero attached hydrogens (tertiary/aromatic N) is 2. The van der Waals surface area contributed by atoms with Gasteiger partial charge in [0, 0.05) is 38.2 Å². The summed E-state index contributed by atoms with van der Waals surface area (Å²) in [6.07, 6.45) is 0.947. The molecule has 0 radical (unpaired) electrons. The lowest BCUT2D eigenvalue weighted by Gasteiger charge is -2.27. The van der Waals surface area contributed by atoms with Gasteiger partial charge in [-0.05, 0) is 44.2 Å². The van der Waals surface area contributed by atoms with Gasteiger partial charge in [-0.25, -0.2) is 4.99 Å². The fraction of sp³-hybridized carbons (Fsp3) is 0.647. The predicted octanol–water partition coefficient (Wildman–Crippen LogP) is 1.61. The molecule has 1 aromatic heterocycles. The number of carbonyl (C=O) groups excluding carboxylic acids is 1. The average molecular weight is 353 g/mol. The van der Waals surface area contributed by atoms with Gasteiger partial charge in [0.05, 0.1) is 5.60 Å². The zero-order chi connectivity index (χ0) is 17.6. The van der Waals surface area contributed by atoms with Crippen LogP contribution in [0.4, 0.5) is 0 Å². The molecule has 7 heteroatoms. The van der Waals surface area contributed by atoms with Gasteiger partial charge in [0.1, 0.15) is 6.54 Å². The molecule has 0 saturated heterocycles. The maximum Gasteiger partial charge on any atom is 0.244 e. The molecular weight excluding hydrogens is 324 g/mol. The Labute approximate surface area is 148 Å². The summed E-state index contributed by atoms with van der Waals surface area (Å²) in [6.45, 7) is 9.00. The van der Waals surface area contributed by atoms with E-state index in [0.717, 1.165) is 19.5 Å². The number of hydrogen-bond acceptors (Lipinski definition) is 4. The maximum atomic E-state index is 12.4. The van der Waals surface area contributed by atoms with Gasteiger partial charge in [-0.1, -0.05) is 0 Å². The standard InChI is InChI=1S/C17H28N4O2S/c1-5-18-16(20-12-17(2,3)23-4)19-10-15(22)21-8-6-14-13(11-21)7-9-24-14/h7,9H,5-6,8,10-12H2,1-4H3,(H2,18,19,20). The van der Waals surface area contributed by atoms with Crippen molar-refractivity contribution in [3.63, 3.8) is 0 Å². The van der Waals surface area contributed by atoms with Crippen LogP contribution in [-0.2, 0) is 22.5 Å². The van der Waals surface area contributed by atoms with Crippen molar-refractivity contribution in [3.05, 3.63) is 21.9 Å². The van der Waals surface area contributed by atoms with Crippen molar-refractivity contribution in [1.29, 1.82) is 0 Å². The Morgan fingerprint density at radius 2 is 2.25 bits per heavy atom. The SMILES string of the molecule is CCNC(=NCC(=O)N1CCc2sccc2C1)NCC(C)(C)OC. The van der Waals surface area contributed by atoms with Gasteiger partial charge < -0.3 is 20.3 Å². The Hall–Kier alpha value is -1.60. The van der Waals surface area contributed by atoms with Crippen LogP contribution in [-0.4, -0.2) is 55.7 Å². The van der Waals surface area contributed by atoms with Gasteiger partial charge in [-0.2, -0.15) is 0 Å². The fourth-order valence-corrected chi connectivity index (χ4v) is 3.31. The summed E-state index contributed by atoms with van der Waals surface area (Å²) < 4.78 is 5.39. The Morgan fingerprint density at radius 3 is 2.96 bits per heavy atom. The Balaban J connectivity index is 1.89. The third-order valence-electron chi connectivity index (χ3n) is 4.11. The Bertz CT molecular complexity index is 583. The topological polar surface area (TPSA) is 66.0 Å². The fourth-order valence-electron chi connectivity index (χ4n) is 2.42. The third kappa shape index (κ3) is 5.21. The van der Waals surface area contributed by atoms with Crippen molar-refractivity contribution in [2.45, 2.75) is 39.3 Å². The molecule has 0 fully saturated rings. The van der Waals surface area contributed by atoms with Gasteiger partial charge in [-0.3, -0.25) is 4.79 Å². The summed E-state index contributed by atoms with van der Waals surface area (Å²) in [6, 6.07) is 2.11. The smallest absolute Gasteiger partial charge is 0.244 e. The molecule has 6 nitrogen and oxygen atoms in total. The monoisotopic (exact) mass is 352 g/mol. The van der Waals surface area contributed by atoms with E-state index in [2.05, 4.69) is 27.1 Å². The van der Waals surface area contributed by atoms with Gasteiger partial charge in [-0.15, -0.1) is 11.3 Å². The highest BCUT2D eigenvalue weighted by molar-refractivity contribution is 7.10. The van der Waals surface area contributed by atoms with Gasteiger partial charge in [0.15, 0.2) is 5.96 Å². The number of aliphatic imine (C=N–C) groups is 1. The molecule has 0 spiro atoms. The van der Waals surface area contributed by atoms with Crippen LogP contribution >= 0.6 is 11.3 Å². The molecule has 1 aliphatic heterocycles. The van der Waals surface area contributed by atoms with Crippen molar-refractivity contribution < 1.29 is 9.53 Å². The van der Waals surface area contributed by atoms with E-state index < -0.39 is 0 Å².